The number of hydrogen-bond donors (Lipinski definition) is 0. The molecule has 1 aliphatic heterocycles. The summed E-state index contributed by atoms with van der Waals surface area (Å²) in [4.78, 5) is 19.8. The molecule has 0 atom stereocenters. The van der Waals surface area contributed by atoms with E-state index in [9.17, 15) is 9.18 Å². The number of likely N-dealkylation sites (N-methyl/N-ethyl adjacent to an activating group) is 1. The lowest BCUT2D eigenvalue weighted by Crippen LogP contribution is -2.28. The van der Waals surface area contributed by atoms with Gasteiger partial charge in [0, 0.05) is 12.1 Å². The van der Waals surface area contributed by atoms with Crippen molar-refractivity contribution in [3.05, 3.63) is 76.9 Å². The van der Waals surface area contributed by atoms with Crippen LogP contribution in [0.15, 0.2) is 70.6 Å². The lowest BCUT2D eigenvalue weighted by atomic mass is 10.0. The quantitative estimate of drug-likeness (QED) is 0.390. The molecule has 0 aromatic heterocycles. The monoisotopic (exact) mass is 430 g/mol. The molecule has 1 aliphatic rings. The molecule has 0 unspecified atom stereocenters. The number of rotatable bonds is 5. The van der Waals surface area contributed by atoms with Crippen LogP contribution in [-0.2, 0) is 4.79 Å². The molecule has 3 aromatic carbocycles. The van der Waals surface area contributed by atoms with Crippen LogP contribution in [0.25, 0.3) is 16.8 Å². The molecule has 0 spiro atoms. The summed E-state index contributed by atoms with van der Waals surface area (Å²) in [6, 6.07) is 17.6. The summed E-state index contributed by atoms with van der Waals surface area (Å²) < 4.78 is 19.0. The van der Waals surface area contributed by atoms with Gasteiger partial charge in [-0.2, -0.15) is 0 Å². The Bertz CT molecular complexity index is 1240. The number of nitrogens with zero attached hydrogens (tertiary/aromatic N) is 2. The fraction of sp³-hybridized carbons (Fsp3) is 0.120. The number of amides is 1. The van der Waals surface area contributed by atoms with Crippen LogP contribution in [0.2, 0.25) is 0 Å². The Morgan fingerprint density at radius 1 is 1.16 bits per heavy atom. The number of thioether (sulfide) groups is 1. The van der Waals surface area contributed by atoms with E-state index in [1.165, 1.54) is 23.9 Å². The summed E-state index contributed by atoms with van der Waals surface area (Å²) in [5.41, 5.74) is 1.38. The van der Waals surface area contributed by atoms with Crippen molar-refractivity contribution in [3.8, 4) is 18.1 Å². The zero-order valence-corrected chi connectivity index (χ0v) is 17.7. The number of ether oxygens (including phenoxy) is 1. The number of halogens is 1. The minimum atomic E-state index is -0.331. The van der Waals surface area contributed by atoms with Gasteiger partial charge in [-0.1, -0.05) is 36.3 Å². The normalized spacial score (nSPS) is 16.3. The van der Waals surface area contributed by atoms with Crippen LogP contribution in [0.4, 0.5) is 10.1 Å². The van der Waals surface area contributed by atoms with Crippen molar-refractivity contribution in [3.63, 3.8) is 0 Å². The SMILES string of the molecule is C#CCOc1ccc2ccccc2c1/C=C1/SC(=Nc2ccc(F)cc2)N(CC)C1=O. The molecule has 0 radical (unpaired) electrons. The average Bonchev–Trinajstić information content (AvgIpc) is 3.08. The lowest BCUT2D eigenvalue weighted by molar-refractivity contribution is -0.122. The van der Waals surface area contributed by atoms with Crippen molar-refractivity contribution in [1.29, 1.82) is 0 Å². The molecule has 1 saturated heterocycles. The zero-order valence-electron chi connectivity index (χ0n) is 16.8. The second kappa shape index (κ2) is 9.07. The first-order valence-electron chi connectivity index (χ1n) is 9.74. The molecule has 0 saturated carbocycles. The van der Waals surface area contributed by atoms with Crippen molar-refractivity contribution in [1.82, 2.24) is 4.90 Å². The number of hydrogen-bond acceptors (Lipinski definition) is 4. The molecular weight excluding hydrogens is 411 g/mol. The van der Waals surface area contributed by atoms with E-state index in [0.717, 1.165) is 16.3 Å². The molecule has 0 aliphatic carbocycles. The van der Waals surface area contributed by atoms with Crippen molar-refractivity contribution < 1.29 is 13.9 Å². The van der Waals surface area contributed by atoms with Gasteiger partial charge in [0.2, 0.25) is 0 Å². The Kier molecular flexibility index (Phi) is 6.06. The van der Waals surface area contributed by atoms with Crippen LogP contribution < -0.4 is 4.74 Å². The number of benzene rings is 3. The van der Waals surface area contributed by atoms with Gasteiger partial charge in [-0.3, -0.25) is 9.69 Å². The van der Waals surface area contributed by atoms with Crippen LogP contribution >= 0.6 is 11.8 Å². The Labute approximate surface area is 184 Å². The highest BCUT2D eigenvalue weighted by Gasteiger charge is 2.32. The van der Waals surface area contributed by atoms with E-state index in [0.29, 0.717) is 28.1 Å². The Morgan fingerprint density at radius 3 is 2.68 bits per heavy atom. The fourth-order valence-corrected chi connectivity index (χ4v) is 4.34. The summed E-state index contributed by atoms with van der Waals surface area (Å²) in [5, 5.41) is 2.55. The largest absolute Gasteiger partial charge is 0.480 e. The van der Waals surface area contributed by atoms with Crippen molar-refractivity contribution in [2.75, 3.05) is 13.2 Å². The van der Waals surface area contributed by atoms with Gasteiger partial charge in [0.05, 0.1) is 10.6 Å². The minimum absolute atomic E-state index is 0.133. The predicted octanol–water partition coefficient (Wildman–Crippen LogP) is 5.61. The van der Waals surface area contributed by atoms with Gasteiger partial charge in [0.15, 0.2) is 5.17 Å². The smallest absolute Gasteiger partial charge is 0.266 e. The first kappa shape index (κ1) is 20.7. The van der Waals surface area contributed by atoms with E-state index >= 15 is 0 Å². The van der Waals surface area contributed by atoms with Gasteiger partial charge in [0.25, 0.3) is 5.91 Å². The van der Waals surface area contributed by atoms with Crippen molar-refractivity contribution >= 4 is 45.4 Å². The van der Waals surface area contributed by atoms with Gasteiger partial charge in [0.1, 0.15) is 18.2 Å². The van der Waals surface area contributed by atoms with Gasteiger partial charge >= 0.3 is 0 Å². The van der Waals surface area contributed by atoms with E-state index in [1.54, 1.807) is 17.0 Å². The van der Waals surface area contributed by atoms with E-state index in [-0.39, 0.29) is 18.3 Å². The molecule has 0 N–H and O–H groups in total. The molecular formula is C25H19FN2O2S. The van der Waals surface area contributed by atoms with Gasteiger partial charge in [-0.15, -0.1) is 6.42 Å². The first-order valence-corrected chi connectivity index (χ1v) is 10.6. The highest BCUT2D eigenvalue weighted by atomic mass is 32.2. The van der Waals surface area contributed by atoms with Crippen LogP contribution in [0.3, 0.4) is 0 Å². The third-order valence-electron chi connectivity index (χ3n) is 4.77. The third-order valence-corrected chi connectivity index (χ3v) is 5.78. The molecule has 1 heterocycles. The molecule has 1 amide bonds. The van der Waals surface area contributed by atoms with Gasteiger partial charge in [-0.05, 0) is 65.9 Å². The molecule has 4 nitrogen and oxygen atoms in total. The maximum Gasteiger partial charge on any atom is 0.266 e. The average molecular weight is 431 g/mol. The van der Waals surface area contributed by atoms with Crippen LogP contribution in [-0.4, -0.2) is 29.1 Å². The van der Waals surface area contributed by atoms with Crippen LogP contribution in [0.1, 0.15) is 12.5 Å². The number of carbonyl (C=O) groups excluding carboxylic acids is 1. The number of fused-ring (bicyclic) bond motifs is 1. The maximum absolute atomic E-state index is 13.2. The van der Waals surface area contributed by atoms with E-state index in [1.807, 2.05) is 49.4 Å². The molecule has 6 heteroatoms. The van der Waals surface area contributed by atoms with Crippen molar-refractivity contribution in [2.24, 2.45) is 4.99 Å². The Balaban J connectivity index is 1.78. The standard InChI is InChI=1S/C25H19FN2O2S/c1-3-15-30-22-14-9-17-7-5-6-8-20(17)21(22)16-23-24(29)28(4-2)25(31-23)27-19-12-10-18(26)11-13-19/h1,5-14,16H,4,15H2,2H3/b23-16+,27-25?. The summed E-state index contributed by atoms with van der Waals surface area (Å²) in [7, 11) is 0. The molecule has 0 bridgehead atoms. The number of carbonyl (C=O) groups is 1. The molecule has 1 fully saturated rings. The minimum Gasteiger partial charge on any atom is -0.480 e. The maximum atomic E-state index is 13.2. The predicted molar refractivity (Wildman–Crippen MR) is 125 cm³/mol. The van der Waals surface area contributed by atoms with E-state index < -0.39 is 0 Å². The van der Waals surface area contributed by atoms with E-state index in [4.69, 9.17) is 11.2 Å². The number of aliphatic imine (C=N–C) groups is 1. The summed E-state index contributed by atoms with van der Waals surface area (Å²) in [5.74, 6) is 2.63. The molecule has 31 heavy (non-hydrogen) atoms. The summed E-state index contributed by atoms with van der Waals surface area (Å²) in [6.45, 7) is 2.49. The Hall–Kier alpha value is -3.56. The second-order valence-electron chi connectivity index (χ2n) is 6.72. The molecule has 3 aromatic rings. The third kappa shape index (κ3) is 4.32. The first-order chi connectivity index (χ1) is 15.1. The summed E-state index contributed by atoms with van der Waals surface area (Å²) >= 11 is 1.28. The number of amidine groups is 1. The van der Waals surface area contributed by atoms with Crippen molar-refractivity contribution in [2.45, 2.75) is 6.92 Å². The van der Waals surface area contributed by atoms with Gasteiger partial charge in [-0.25, -0.2) is 9.38 Å². The molecule has 4 rings (SSSR count). The lowest BCUT2D eigenvalue weighted by Gasteiger charge is -2.12. The molecule has 154 valence electrons. The highest BCUT2D eigenvalue weighted by molar-refractivity contribution is 8.18. The summed E-state index contributed by atoms with van der Waals surface area (Å²) in [6.07, 6.45) is 7.20. The van der Waals surface area contributed by atoms with Gasteiger partial charge < -0.3 is 4.74 Å². The van der Waals surface area contributed by atoms with E-state index in [2.05, 4.69) is 10.9 Å². The fourth-order valence-electron chi connectivity index (χ4n) is 3.30. The zero-order chi connectivity index (χ0) is 21.8. The topological polar surface area (TPSA) is 41.9 Å². The van der Waals surface area contributed by atoms with Crippen LogP contribution in [0.5, 0.6) is 5.75 Å². The highest BCUT2D eigenvalue weighted by Crippen LogP contribution is 2.37. The van der Waals surface area contributed by atoms with Crippen LogP contribution in [0, 0.1) is 18.2 Å². The number of terminal acetylenes is 1. The Morgan fingerprint density at radius 2 is 1.94 bits per heavy atom. The second-order valence-corrected chi connectivity index (χ2v) is 7.73.